The lowest BCUT2D eigenvalue weighted by atomic mass is 10.0. The molecule has 1 amide bonds. The summed E-state index contributed by atoms with van der Waals surface area (Å²) >= 11 is 0. The van der Waals surface area contributed by atoms with Gasteiger partial charge in [0.05, 0.1) is 7.11 Å². The van der Waals surface area contributed by atoms with Gasteiger partial charge in [0.25, 0.3) is 5.91 Å². The molecule has 1 atom stereocenters. The summed E-state index contributed by atoms with van der Waals surface area (Å²) in [5, 5.41) is 9.47. The molecule has 0 radical (unpaired) electrons. The molecular weight excluding hydrogens is 443 g/mol. The molecule has 0 saturated carbocycles. The van der Waals surface area contributed by atoms with E-state index in [0.29, 0.717) is 30.6 Å². The van der Waals surface area contributed by atoms with Gasteiger partial charge in [0.15, 0.2) is 5.96 Å². The maximum absolute atomic E-state index is 12.1. The highest BCUT2D eigenvalue weighted by atomic mass is 127. The molecule has 0 spiro atoms. The first-order chi connectivity index (χ1) is 12.0. The highest BCUT2D eigenvalue weighted by Crippen LogP contribution is 2.10. The van der Waals surface area contributed by atoms with Crippen molar-refractivity contribution in [2.45, 2.75) is 39.7 Å². The Kier molecular flexibility index (Phi) is 12.9. The van der Waals surface area contributed by atoms with Gasteiger partial charge in [-0.1, -0.05) is 13.8 Å². The van der Waals surface area contributed by atoms with Crippen LogP contribution in [0.25, 0.3) is 0 Å². The van der Waals surface area contributed by atoms with Gasteiger partial charge in [-0.25, -0.2) is 0 Å². The Balaban J connectivity index is 0.00000625. The minimum atomic E-state index is -0.0994. The standard InChI is InChI=1S/C19H32N4O2.HI/c1-14(2)6-7-15(3)23-19(20-4)22-13-12-21-18(24)16-8-10-17(25-5)11-9-16;/h8-11,14-15H,6-7,12-13H2,1-5H3,(H,21,24)(H2,20,22,23);1H. The van der Waals surface area contributed by atoms with Crippen LogP contribution in [0.1, 0.15) is 44.0 Å². The molecule has 0 aliphatic heterocycles. The summed E-state index contributed by atoms with van der Waals surface area (Å²) in [6, 6.07) is 7.41. The molecule has 1 aromatic carbocycles. The smallest absolute Gasteiger partial charge is 0.251 e. The molecule has 1 rings (SSSR count). The summed E-state index contributed by atoms with van der Waals surface area (Å²) in [7, 11) is 3.35. The number of methoxy groups -OCH3 is 1. The van der Waals surface area contributed by atoms with Gasteiger partial charge in [0, 0.05) is 31.7 Å². The third-order valence-corrected chi connectivity index (χ3v) is 3.84. The van der Waals surface area contributed by atoms with Crippen molar-refractivity contribution in [2.75, 3.05) is 27.2 Å². The second-order valence-corrected chi connectivity index (χ2v) is 6.50. The molecule has 0 heterocycles. The minimum Gasteiger partial charge on any atom is -0.497 e. The van der Waals surface area contributed by atoms with Crippen molar-refractivity contribution in [1.29, 1.82) is 0 Å². The van der Waals surface area contributed by atoms with Crippen molar-refractivity contribution in [1.82, 2.24) is 16.0 Å². The normalized spacial score (nSPS) is 12.2. The fraction of sp³-hybridized carbons (Fsp3) is 0.579. The Morgan fingerprint density at radius 3 is 2.23 bits per heavy atom. The zero-order chi connectivity index (χ0) is 18.7. The summed E-state index contributed by atoms with van der Waals surface area (Å²) in [4.78, 5) is 16.3. The van der Waals surface area contributed by atoms with Crippen LogP contribution in [-0.4, -0.2) is 45.2 Å². The fourth-order valence-electron chi connectivity index (χ4n) is 2.28. The zero-order valence-electron chi connectivity index (χ0n) is 16.5. The molecule has 7 heteroatoms. The van der Waals surface area contributed by atoms with Crippen molar-refractivity contribution in [2.24, 2.45) is 10.9 Å². The number of ether oxygens (including phenoxy) is 1. The molecule has 0 bridgehead atoms. The highest BCUT2D eigenvalue weighted by Gasteiger charge is 2.07. The van der Waals surface area contributed by atoms with Gasteiger partial charge in [-0.05, 0) is 49.9 Å². The summed E-state index contributed by atoms with van der Waals surface area (Å²) in [6.07, 6.45) is 2.29. The Morgan fingerprint density at radius 2 is 1.69 bits per heavy atom. The first kappa shape index (κ1) is 24.5. The number of aliphatic imine (C=N–C) groups is 1. The van der Waals surface area contributed by atoms with Crippen LogP contribution in [0.15, 0.2) is 29.3 Å². The molecule has 148 valence electrons. The lowest BCUT2D eigenvalue weighted by Crippen LogP contribution is -2.44. The van der Waals surface area contributed by atoms with Crippen LogP contribution >= 0.6 is 24.0 Å². The van der Waals surface area contributed by atoms with Gasteiger partial charge >= 0.3 is 0 Å². The van der Waals surface area contributed by atoms with Crippen LogP contribution in [0.5, 0.6) is 5.75 Å². The van der Waals surface area contributed by atoms with E-state index in [4.69, 9.17) is 4.74 Å². The molecule has 1 aromatic rings. The molecular formula is C19H33IN4O2. The van der Waals surface area contributed by atoms with Crippen molar-refractivity contribution >= 4 is 35.8 Å². The van der Waals surface area contributed by atoms with Crippen LogP contribution < -0.4 is 20.7 Å². The third kappa shape index (κ3) is 9.84. The van der Waals surface area contributed by atoms with Gasteiger partial charge in [-0.3, -0.25) is 9.79 Å². The number of guanidine groups is 1. The van der Waals surface area contributed by atoms with E-state index in [1.165, 1.54) is 6.42 Å². The zero-order valence-corrected chi connectivity index (χ0v) is 18.8. The van der Waals surface area contributed by atoms with Crippen molar-refractivity contribution in [3.8, 4) is 5.75 Å². The molecule has 6 nitrogen and oxygen atoms in total. The van der Waals surface area contributed by atoms with Crippen molar-refractivity contribution in [3.63, 3.8) is 0 Å². The van der Waals surface area contributed by atoms with Crippen LogP contribution in [0.4, 0.5) is 0 Å². The summed E-state index contributed by atoms with van der Waals surface area (Å²) in [6.45, 7) is 7.74. The van der Waals surface area contributed by atoms with E-state index in [2.05, 4.69) is 41.7 Å². The number of carbonyl (C=O) groups excluding carboxylic acids is 1. The van der Waals surface area contributed by atoms with Crippen LogP contribution in [0.3, 0.4) is 0 Å². The summed E-state index contributed by atoms with van der Waals surface area (Å²) in [5.74, 6) is 2.10. The maximum atomic E-state index is 12.1. The number of nitrogens with one attached hydrogen (secondary N) is 3. The highest BCUT2D eigenvalue weighted by molar-refractivity contribution is 14.0. The quantitative estimate of drug-likeness (QED) is 0.222. The first-order valence-corrected chi connectivity index (χ1v) is 8.85. The number of hydrogen-bond acceptors (Lipinski definition) is 3. The number of carbonyl (C=O) groups is 1. The minimum absolute atomic E-state index is 0. The van der Waals surface area contributed by atoms with E-state index in [0.717, 1.165) is 18.1 Å². The number of amides is 1. The summed E-state index contributed by atoms with van der Waals surface area (Å²) < 4.78 is 5.09. The molecule has 0 saturated heterocycles. The van der Waals surface area contributed by atoms with E-state index in [9.17, 15) is 4.79 Å². The number of rotatable bonds is 9. The van der Waals surface area contributed by atoms with Gasteiger partial charge in [-0.2, -0.15) is 0 Å². The Labute approximate surface area is 174 Å². The molecule has 0 aliphatic carbocycles. The lowest BCUT2D eigenvalue weighted by molar-refractivity contribution is 0.0954. The van der Waals surface area contributed by atoms with E-state index < -0.39 is 0 Å². The average Bonchev–Trinajstić information content (AvgIpc) is 2.62. The molecule has 3 N–H and O–H groups in total. The number of benzene rings is 1. The third-order valence-electron chi connectivity index (χ3n) is 3.84. The Hall–Kier alpha value is -1.51. The predicted molar refractivity (Wildman–Crippen MR) is 119 cm³/mol. The lowest BCUT2D eigenvalue weighted by Gasteiger charge is -2.18. The fourth-order valence-corrected chi connectivity index (χ4v) is 2.28. The van der Waals surface area contributed by atoms with Gasteiger partial charge in [0.1, 0.15) is 5.75 Å². The topological polar surface area (TPSA) is 74.8 Å². The van der Waals surface area contributed by atoms with Crippen molar-refractivity contribution < 1.29 is 9.53 Å². The van der Waals surface area contributed by atoms with Crippen LogP contribution in [0, 0.1) is 5.92 Å². The second-order valence-electron chi connectivity index (χ2n) is 6.50. The molecule has 0 aromatic heterocycles. The monoisotopic (exact) mass is 476 g/mol. The maximum Gasteiger partial charge on any atom is 0.251 e. The predicted octanol–water partition coefficient (Wildman–Crippen LogP) is 3.03. The molecule has 1 unspecified atom stereocenters. The van der Waals surface area contributed by atoms with E-state index >= 15 is 0 Å². The molecule has 0 fully saturated rings. The second kappa shape index (κ2) is 13.7. The molecule has 0 aliphatic rings. The van der Waals surface area contributed by atoms with Crippen LogP contribution in [-0.2, 0) is 0 Å². The van der Waals surface area contributed by atoms with Gasteiger partial charge < -0.3 is 20.7 Å². The van der Waals surface area contributed by atoms with Gasteiger partial charge in [0.2, 0.25) is 0 Å². The van der Waals surface area contributed by atoms with Crippen molar-refractivity contribution in [3.05, 3.63) is 29.8 Å². The van der Waals surface area contributed by atoms with E-state index in [1.807, 2.05) is 0 Å². The first-order valence-electron chi connectivity index (χ1n) is 8.85. The van der Waals surface area contributed by atoms with Gasteiger partial charge in [-0.15, -0.1) is 24.0 Å². The number of halogens is 1. The summed E-state index contributed by atoms with van der Waals surface area (Å²) in [5.41, 5.74) is 0.616. The number of hydrogen-bond donors (Lipinski definition) is 3. The SMILES string of the molecule is CN=C(NCCNC(=O)c1ccc(OC)cc1)NC(C)CCC(C)C.I. The largest absolute Gasteiger partial charge is 0.497 e. The average molecular weight is 476 g/mol. The number of nitrogens with zero attached hydrogens (tertiary/aromatic N) is 1. The molecule has 26 heavy (non-hydrogen) atoms. The van der Waals surface area contributed by atoms with E-state index in [-0.39, 0.29) is 29.9 Å². The Morgan fingerprint density at radius 1 is 1.08 bits per heavy atom. The van der Waals surface area contributed by atoms with Crippen LogP contribution in [0.2, 0.25) is 0 Å². The van der Waals surface area contributed by atoms with E-state index in [1.54, 1.807) is 38.4 Å². The Bertz CT molecular complexity index is 547.